The highest BCUT2D eigenvalue weighted by Gasteiger charge is 2.06. The zero-order chi connectivity index (χ0) is 12.8. The van der Waals surface area contributed by atoms with Crippen LogP contribution in [-0.4, -0.2) is 7.05 Å². The fraction of sp³-hybridized carbons (Fsp3) is 0.286. The summed E-state index contributed by atoms with van der Waals surface area (Å²) in [5, 5.41) is 3.07. The summed E-state index contributed by atoms with van der Waals surface area (Å²) in [5.41, 5.74) is 2.24. The quantitative estimate of drug-likeness (QED) is 0.887. The Hall–Kier alpha value is -1.10. The topological polar surface area (TPSA) is 34.4 Å². The zero-order valence-corrected chi connectivity index (χ0v) is 11.9. The highest BCUT2D eigenvalue weighted by Crippen LogP contribution is 2.18. The second kappa shape index (κ2) is 6.73. The third kappa shape index (κ3) is 3.45. The van der Waals surface area contributed by atoms with E-state index in [0.717, 1.165) is 27.9 Å². The molecule has 0 atom stereocenters. The first-order valence-electron chi connectivity index (χ1n) is 5.82. The van der Waals surface area contributed by atoms with Crippen molar-refractivity contribution >= 4 is 15.9 Å². The second-order valence-electron chi connectivity index (χ2n) is 3.98. The Balaban J connectivity index is 1.88. The molecule has 3 nitrogen and oxygen atoms in total. The van der Waals surface area contributed by atoms with E-state index in [4.69, 9.17) is 9.15 Å². The minimum absolute atomic E-state index is 0.564. The van der Waals surface area contributed by atoms with Gasteiger partial charge in [-0.1, -0.05) is 34.1 Å². The minimum atomic E-state index is 0.564. The number of hydrogen-bond acceptors (Lipinski definition) is 3. The smallest absolute Gasteiger partial charge is 0.123 e. The summed E-state index contributed by atoms with van der Waals surface area (Å²) in [6.45, 7) is 1.88. The molecule has 1 heterocycles. The van der Waals surface area contributed by atoms with Crippen molar-refractivity contribution in [1.82, 2.24) is 5.32 Å². The van der Waals surface area contributed by atoms with E-state index in [1.807, 2.05) is 37.4 Å². The number of nitrogens with one attached hydrogen (secondary N) is 1. The average Bonchev–Trinajstić information content (AvgIpc) is 2.80. The Morgan fingerprint density at radius 2 is 1.94 bits per heavy atom. The summed E-state index contributed by atoms with van der Waals surface area (Å²) in [4.78, 5) is 0. The van der Waals surface area contributed by atoms with E-state index in [0.29, 0.717) is 13.2 Å². The molecule has 0 spiro atoms. The predicted molar refractivity (Wildman–Crippen MR) is 74.1 cm³/mol. The first kappa shape index (κ1) is 13.3. The van der Waals surface area contributed by atoms with Gasteiger partial charge >= 0.3 is 0 Å². The molecule has 0 aliphatic rings. The van der Waals surface area contributed by atoms with Gasteiger partial charge < -0.3 is 14.5 Å². The van der Waals surface area contributed by atoms with Crippen molar-refractivity contribution in [3.8, 4) is 0 Å². The van der Waals surface area contributed by atoms with Crippen LogP contribution in [0.2, 0.25) is 0 Å². The van der Waals surface area contributed by atoms with Crippen LogP contribution in [0, 0.1) is 0 Å². The minimum Gasteiger partial charge on any atom is -0.468 e. The van der Waals surface area contributed by atoms with Gasteiger partial charge in [-0.3, -0.25) is 0 Å². The highest BCUT2D eigenvalue weighted by molar-refractivity contribution is 9.10. The van der Waals surface area contributed by atoms with Gasteiger partial charge in [0.1, 0.15) is 5.76 Å². The fourth-order valence-electron chi connectivity index (χ4n) is 1.70. The lowest BCUT2D eigenvalue weighted by molar-refractivity contribution is 0.105. The van der Waals surface area contributed by atoms with Crippen molar-refractivity contribution < 1.29 is 9.15 Å². The maximum atomic E-state index is 5.71. The molecule has 2 aromatic rings. The Kier molecular flexibility index (Phi) is 4.99. The molecule has 1 N–H and O–H groups in total. The van der Waals surface area contributed by atoms with Crippen molar-refractivity contribution in [3.05, 3.63) is 58.0 Å². The summed E-state index contributed by atoms with van der Waals surface area (Å²) in [7, 11) is 1.90. The molecule has 0 unspecified atom stereocenters. The summed E-state index contributed by atoms with van der Waals surface area (Å²) in [6, 6.07) is 10.0. The third-order valence-corrected chi connectivity index (χ3v) is 3.42. The number of rotatable bonds is 6. The van der Waals surface area contributed by atoms with E-state index < -0.39 is 0 Å². The predicted octanol–water partition coefficient (Wildman–Crippen LogP) is 3.48. The Labute approximate surface area is 115 Å². The van der Waals surface area contributed by atoms with Crippen LogP contribution >= 0.6 is 15.9 Å². The molecular weight excluding hydrogens is 294 g/mol. The van der Waals surface area contributed by atoms with E-state index >= 15 is 0 Å². The standard InChI is InChI=1S/C14H16BrNO2/c1-16-8-14-12(6-7-18-14)10-17-9-11-4-2-3-5-13(11)15/h2-7,16H,8-10H2,1H3. The highest BCUT2D eigenvalue weighted by atomic mass is 79.9. The molecule has 0 saturated heterocycles. The van der Waals surface area contributed by atoms with Gasteiger partial charge in [-0.25, -0.2) is 0 Å². The molecule has 0 bridgehead atoms. The second-order valence-corrected chi connectivity index (χ2v) is 4.84. The number of halogens is 1. The Morgan fingerprint density at radius 1 is 1.17 bits per heavy atom. The van der Waals surface area contributed by atoms with Gasteiger partial charge in [0.2, 0.25) is 0 Å². The van der Waals surface area contributed by atoms with Crippen LogP contribution in [0.15, 0.2) is 45.5 Å². The van der Waals surface area contributed by atoms with E-state index in [-0.39, 0.29) is 0 Å². The van der Waals surface area contributed by atoms with Crippen molar-refractivity contribution in [2.75, 3.05) is 7.05 Å². The van der Waals surface area contributed by atoms with Crippen LogP contribution in [-0.2, 0) is 24.5 Å². The van der Waals surface area contributed by atoms with Crippen molar-refractivity contribution in [3.63, 3.8) is 0 Å². The molecule has 1 aromatic heterocycles. The molecule has 4 heteroatoms. The molecule has 0 aliphatic heterocycles. The molecule has 0 radical (unpaired) electrons. The average molecular weight is 310 g/mol. The first-order chi connectivity index (χ1) is 8.81. The van der Waals surface area contributed by atoms with E-state index in [2.05, 4.69) is 21.2 Å². The van der Waals surface area contributed by atoms with Crippen LogP contribution in [0.4, 0.5) is 0 Å². The van der Waals surface area contributed by atoms with E-state index in [1.165, 1.54) is 0 Å². The molecule has 0 aliphatic carbocycles. The van der Waals surface area contributed by atoms with Crippen molar-refractivity contribution in [2.24, 2.45) is 0 Å². The fourth-order valence-corrected chi connectivity index (χ4v) is 2.10. The lowest BCUT2D eigenvalue weighted by Gasteiger charge is -2.06. The summed E-state index contributed by atoms with van der Waals surface area (Å²) >= 11 is 3.51. The number of furan rings is 1. The van der Waals surface area contributed by atoms with Gasteiger partial charge in [-0.05, 0) is 24.7 Å². The van der Waals surface area contributed by atoms with Gasteiger partial charge in [0.25, 0.3) is 0 Å². The summed E-state index contributed by atoms with van der Waals surface area (Å²) in [5.74, 6) is 0.935. The van der Waals surface area contributed by atoms with Gasteiger partial charge in [0.15, 0.2) is 0 Å². The lowest BCUT2D eigenvalue weighted by Crippen LogP contribution is -2.06. The molecule has 1 aromatic carbocycles. The van der Waals surface area contributed by atoms with Crippen molar-refractivity contribution in [2.45, 2.75) is 19.8 Å². The molecule has 0 fully saturated rings. The van der Waals surface area contributed by atoms with Crippen LogP contribution in [0.1, 0.15) is 16.9 Å². The Morgan fingerprint density at radius 3 is 2.72 bits per heavy atom. The monoisotopic (exact) mass is 309 g/mol. The molecule has 18 heavy (non-hydrogen) atoms. The number of benzene rings is 1. The maximum Gasteiger partial charge on any atom is 0.123 e. The largest absolute Gasteiger partial charge is 0.468 e. The summed E-state index contributed by atoms with van der Waals surface area (Å²) < 4.78 is 12.2. The van der Waals surface area contributed by atoms with Gasteiger partial charge in [0.05, 0.1) is 26.0 Å². The SMILES string of the molecule is CNCc1occc1COCc1ccccc1Br. The summed E-state index contributed by atoms with van der Waals surface area (Å²) in [6.07, 6.45) is 1.70. The van der Waals surface area contributed by atoms with Crippen LogP contribution in [0.3, 0.4) is 0 Å². The van der Waals surface area contributed by atoms with Crippen molar-refractivity contribution in [1.29, 1.82) is 0 Å². The lowest BCUT2D eigenvalue weighted by atomic mass is 10.2. The zero-order valence-electron chi connectivity index (χ0n) is 10.3. The molecule has 96 valence electrons. The Bertz CT molecular complexity index is 496. The normalized spacial score (nSPS) is 10.8. The van der Waals surface area contributed by atoms with E-state index in [9.17, 15) is 0 Å². The van der Waals surface area contributed by atoms with Gasteiger partial charge in [-0.2, -0.15) is 0 Å². The molecule has 0 saturated carbocycles. The van der Waals surface area contributed by atoms with Crippen LogP contribution < -0.4 is 5.32 Å². The van der Waals surface area contributed by atoms with Gasteiger partial charge in [-0.15, -0.1) is 0 Å². The van der Waals surface area contributed by atoms with E-state index in [1.54, 1.807) is 6.26 Å². The maximum absolute atomic E-state index is 5.71. The molecular formula is C14H16BrNO2. The molecule has 2 rings (SSSR count). The van der Waals surface area contributed by atoms with Crippen LogP contribution in [0.5, 0.6) is 0 Å². The third-order valence-electron chi connectivity index (χ3n) is 2.65. The number of ether oxygens (including phenoxy) is 1. The van der Waals surface area contributed by atoms with Crippen LogP contribution in [0.25, 0.3) is 0 Å². The first-order valence-corrected chi connectivity index (χ1v) is 6.61. The molecule has 0 amide bonds. The number of hydrogen-bond donors (Lipinski definition) is 1. The van der Waals surface area contributed by atoms with Gasteiger partial charge in [0, 0.05) is 10.0 Å².